The van der Waals surface area contributed by atoms with E-state index in [4.69, 9.17) is 4.98 Å². The van der Waals surface area contributed by atoms with Crippen molar-refractivity contribution in [3.05, 3.63) is 87.8 Å². The molecular formula is C20H14BrN3O. The van der Waals surface area contributed by atoms with Gasteiger partial charge in [0.25, 0.3) is 5.56 Å². The first-order valence-corrected chi connectivity index (χ1v) is 8.60. The predicted molar refractivity (Wildman–Crippen MR) is 105 cm³/mol. The van der Waals surface area contributed by atoms with Gasteiger partial charge in [0, 0.05) is 21.9 Å². The van der Waals surface area contributed by atoms with Crippen molar-refractivity contribution in [1.29, 1.82) is 0 Å². The summed E-state index contributed by atoms with van der Waals surface area (Å²) in [6, 6.07) is 21.5. The molecule has 0 fully saturated rings. The van der Waals surface area contributed by atoms with E-state index in [-0.39, 0.29) is 5.56 Å². The van der Waals surface area contributed by atoms with Crippen LogP contribution in [-0.2, 0) is 0 Å². The fourth-order valence-corrected chi connectivity index (χ4v) is 3.16. The van der Waals surface area contributed by atoms with Crippen LogP contribution in [0.5, 0.6) is 0 Å². The summed E-state index contributed by atoms with van der Waals surface area (Å²) in [5.41, 5.74) is 2.51. The fraction of sp³-hybridized carbons (Fsp3) is 0. The molecule has 122 valence electrons. The average Bonchev–Trinajstić information content (AvgIpc) is 2.62. The van der Waals surface area contributed by atoms with Gasteiger partial charge in [-0.25, -0.2) is 4.98 Å². The van der Waals surface area contributed by atoms with Crippen LogP contribution in [0, 0.1) is 0 Å². The molecule has 4 rings (SSSR count). The van der Waals surface area contributed by atoms with Crippen LogP contribution in [0.15, 0.2) is 82.2 Å². The van der Waals surface area contributed by atoms with Crippen LogP contribution >= 0.6 is 15.9 Å². The molecule has 0 atom stereocenters. The summed E-state index contributed by atoms with van der Waals surface area (Å²) < 4.78 is 0.954. The van der Waals surface area contributed by atoms with Gasteiger partial charge in [0.2, 0.25) is 0 Å². The highest BCUT2D eigenvalue weighted by molar-refractivity contribution is 9.10. The Balaban J connectivity index is 1.93. The summed E-state index contributed by atoms with van der Waals surface area (Å²) in [7, 11) is 0. The largest absolute Gasteiger partial charge is 0.339 e. The van der Waals surface area contributed by atoms with Gasteiger partial charge in [-0.1, -0.05) is 52.3 Å². The maximum absolute atomic E-state index is 12.4. The van der Waals surface area contributed by atoms with Crippen molar-refractivity contribution in [3.8, 4) is 11.3 Å². The first-order chi connectivity index (χ1) is 12.2. The van der Waals surface area contributed by atoms with Crippen molar-refractivity contribution in [3.63, 3.8) is 0 Å². The molecule has 4 nitrogen and oxygen atoms in total. The Bertz CT molecular complexity index is 1110. The number of nitrogens with zero attached hydrogens (tertiary/aromatic N) is 1. The minimum Gasteiger partial charge on any atom is -0.339 e. The molecule has 0 radical (unpaired) electrons. The van der Waals surface area contributed by atoms with Gasteiger partial charge < -0.3 is 10.3 Å². The smallest absolute Gasteiger partial charge is 0.259 e. The van der Waals surface area contributed by atoms with Gasteiger partial charge in [-0.15, -0.1) is 0 Å². The number of pyridine rings is 2. The second-order valence-electron chi connectivity index (χ2n) is 5.63. The number of hydrogen-bond acceptors (Lipinski definition) is 3. The first-order valence-electron chi connectivity index (χ1n) is 7.81. The lowest BCUT2D eigenvalue weighted by atomic mass is 10.1. The van der Waals surface area contributed by atoms with E-state index in [1.165, 1.54) is 0 Å². The molecule has 0 saturated carbocycles. The van der Waals surface area contributed by atoms with Crippen molar-refractivity contribution in [2.75, 3.05) is 5.32 Å². The second kappa shape index (κ2) is 6.53. The third-order valence-corrected chi connectivity index (χ3v) is 4.40. The lowest BCUT2D eigenvalue weighted by molar-refractivity contribution is 1.25. The van der Waals surface area contributed by atoms with Crippen LogP contribution in [0.1, 0.15) is 0 Å². The van der Waals surface area contributed by atoms with Gasteiger partial charge >= 0.3 is 0 Å². The zero-order chi connectivity index (χ0) is 17.2. The van der Waals surface area contributed by atoms with Gasteiger partial charge in [0.05, 0.1) is 11.1 Å². The SMILES string of the molecule is O=c1[nH]ccc2cc(-c3ccccc3)nc(Nc3cccc(Br)c3)c12. The molecule has 4 aromatic rings. The van der Waals surface area contributed by atoms with E-state index in [0.29, 0.717) is 11.2 Å². The number of benzene rings is 2. The highest BCUT2D eigenvalue weighted by atomic mass is 79.9. The van der Waals surface area contributed by atoms with E-state index in [0.717, 1.165) is 26.8 Å². The number of fused-ring (bicyclic) bond motifs is 1. The quantitative estimate of drug-likeness (QED) is 0.510. The predicted octanol–water partition coefficient (Wildman–Crippen LogP) is 5.10. The van der Waals surface area contributed by atoms with Crippen molar-refractivity contribution < 1.29 is 0 Å². The third kappa shape index (κ3) is 3.19. The van der Waals surface area contributed by atoms with Crippen molar-refractivity contribution in [2.45, 2.75) is 0 Å². The molecule has 2 aromatic carbocycles. The normalized spacial score (nSPS) is 10.8. The van der Waals surface area contributed by atoms with Crippen LogP contribution in [0.3, 0.4) is 0 Å². The summed E-state index contributed by atoms with van der Waals surface area (Å²) in [6.07, 6.45) is 1.66. The summed E-state index contributed by atoms with van der Waals surface area (Å²) in [6.45, 7) is 0. The van der Waals surface area contributed by atoms with Gasteiger partial charge in [-0.3, -0.25) is 4.79 Å². The summed E-state index contributed by atoms with van der Waals surface area (Å²) in [4.78, 5) is 19.8. The standard InChI is InChI=1S/C20H14BrN3O/c21-15-7-4-8-16(12-15)23-19-18-14(9-10-22-20(18)25)11-17(24-19)13-5-2-1-3-6-13/h1-12H,(H,22,25)(H,23,24). The molecule has 0 bridgehead atoms. The van der Waals surface area contributed by atoms with E-state index >= 15 is 0 Å². The number of rotatable bonds is 3. The number of nitrogens with one attached hydrogen (secondary N) is 2. The van der Waals surface area contributed by atoms with Crippen molar-refractivity contribution >= 4 is 38.2 Å². The number of hydrogen-bond donors (Lipinski definition) is 2. The van der Waals surface area contributed by atoms with E-state index in [2.05, 4.69) is 26.2 Å². The fourth-order valence-electron chi connectivity index (χ4n) is 2.76. The minimum absolute atomic E-state index is 0.165. The Morgan fingerprint density at radius 2 is 1.80 bits per heavy atom. The van der Waals surface area contributed by atoms with Gasteiger partial charge in [0.1, 0.15) is 5.82 Å². The Hall–Kier alpha value is -2.92. The maximum Gasteiger partial charge on any atom is 0.259 e. The molecule has 25 heavy (non-hydrogen) atoms. The summed E-state index contributed by atoms with van der Waals surface area (Å²) in [5.74, 6) is 0.538. The molecule has 0 aliphatic carbocycles. The Kier molecular flexibility index (Phi) is 4.07. The highest BCUT2D eigenvalue weighted by Gasteiger charge is 2.11. The third-order valence-electron chi connectivity index (χ3n) is 3.91. The Morgan fingerprint density at radius 1 is 0.960 bits per heavy atom. The molecule has 0 unspecified atom stereocenters. The van der Waals surface area contributed by atoms with E-state index < -0.39 is 0 Å². The van der Waals surface area contributed by atoms with Gasteiger partial charge in [-0.05, 0) is 35.7 Å². The zero-order valence-electron chi connectivity index (χ0n) is 13.2. The first kappa shape index (κ1) is 15.6. The Labute approximate surface area is 152 Å². The van der Waals surface area contributed by atoms with Crippen LogP contribution in [0.25, 0.3) is 22.0 Å². The van der Waals surface area contributed by atoms with Crippen molar-refractivity contribution in [1.82, 2.24) is 9.97 Å². The lowest BCUT2D eigenvalue weighted by Gasteiger charge is -2.11. The van der Waals surface area contributed by atoms with E-state index in [9.17, 15) is 4.79 Å². The Morgan fingerprint density at radius 3 is 2.60 bits per heavy atom. The molecule has 2 N–H and O–H groups in total. The zero-order valence-corrected chi connectivity index (χ0v) is 14.7. The number of H-pyrrole nitrogens is 1. The van der Waals surface area contributed by atoms with Crippen LogP contribution in [0.4, 0.5) is 11.5 Å². The lowest BCUT2D eigenvalue weighted by Crippen LogP contribution is -2.09. The number of aromatic nitrogens is 2. The molecule has 0 saturated heterocycles. The molecular weight excluding hydrogens is 378 g/mol. The molecule has 0 aliphatic heterocycles. The number of anilines is 2. The molecule has 0 spiro atoms. The average molecular weight is 392 g/mol. The molecule has 2 aromatic heterocycles. The summed E-state index contributed by atoms with van der Waals surface area (Å²) in [5, 5.41) is 4.66. The second-order valence-corrected chi connectivity index (χ2v) is 6.54. The highest BCUT2D eigenvalue weighted by Crippen LogP contribution is 2.28. The topological polar surface area (TPSA) is 57.8 Å². The summed E-state index contributed by atoms with van der Waals surface area (Å²) >= 11 is 3.46. The van der Waals surface area contributed by atoms with Crippen molar-refractivity contribution in [2.24, 2.45) is 0 Å². The van der Waals surface area contributed by atoms with Gasteiger partial charge in [-0.2, -0.15) is 0 Å². The molecule has 5 heteroatoms. The van der Waals surface area contributed by atoms with Crippen LogP contribution in [0.2, 0.25) is 0 Å². The van der Waals surface area contributed by atoms with Crippen LogP contribution in [-0.4, -0.2) is 9.97 Å². The minimum atomic E-state index is -0.165. The maximum atomic E-state index is 12.4. The van der Waals surface area contributed by atoms with Gasteiger partial charge in [0.15, 0.2) is 0 Å². The molecule has 0 amide bonds. The number of aromatic amines is 1. The number of halogens is 1. The molecule has 2 heterocycles. The van der Waals surface area contributed by atoms with Crippen LogP contribution < -0.4 is 10.9 Å². The monoisotopic (exact) mass is 391 g/mol. The van der Waals surface area contributed by atoms with E-state index in [1.54, 1.807) is 6.20 Å². The van der Waals surface area contributed by atoms with E-state index in [1.807, 2.05) is 66.7 Å². The molecule has 0 aliphatic rings.